The molecular formula is C12H12N2O2. The van der Waals surface area contributed by atoms with E-state index in [2.05, 4.69) is 17.4 Å². The molecular weight excluding hydrogens is 204 g/mol. The fraction of sp³-hybridized carbons (Fsp3) is 0.0833. The summed E-state index contributed by atoms with van der Waals surface area (Å²) >= 11 is 0. The van der Waals surface area contributed by atoms with Crippen LogP contribution in [0.4, 0.5) is 5.69 Å². The molecule has 1 aromatic carbocycles. The van der Waals surface area contributed by atoms with E-state index in [4.69, 9.17) is 4.42 Å². The van der Waals surface area contributed by atoms with Crippen LogP contribution in [0, 0.1) is 6.92 Å². The van der Waals surface area contributed by atoms with Crippen molar-refractivity contribution in [2.75, 3.05) is 5.43 Å². The molecule has 0 fully saturated rings. The lowest BCUT2D eigenvalue weighted by atomic mass is 10.2. The number of nitrogens with one attached hydrogen (secondary N) is 2. The summed E-state index contributed by atoms with van der Waals surface area (Å²) in [7, 11) is 0. The smallest absolute Gasteiger partial charge is 0.261 e. The van der Waals surface area contributed by atoms with Crippen molar-refractivity contribution in [2.24, 2.45) is 0 Å². The Hall–Kier alpha value is -2.23. The number of carbonyl (C=O) groups excluding carboxylic acids is 1. The third-order valence-electron chi connectivity index (χ3n) is 2.15. The van der Waals surface area contributed by atoms with Gasteiger partial charge in [0.25, 0.3) is 5.91 Å². The van der Waals surface area contributed by atoms with E-state index in [1.165, 1.54) is 6.08 Å². The summed E-state index contributed by atoms with van der Waals surface area (Å²) in [6.45, 7) is 5.25. The average molecular weight is 216 g/mol. The van der Waals surface area contributed by atoms with Crippen molar-refractivity contribution < 1.29 is 9.21 Å². The minimum Gasteiger partial charge on any atom is -0.461 e. The van der Waals surface area contributed by atoms with E-state index in [1.807, 2.05) is 31.2 Å². The molecule has 1 heterocycles. The Bertz CT molecular complexity index is 543. The van der Waals surface area contributed by atoms with Gasteiger partial charge >= 0.3 is 0 Å². The summed E-state index contributed by atoms with van der Waals surface area (Å²) in [5.41, 5.74) is 6.89. The van der Waals surface area contributed by atoms with Crippen LogP contribution in [-0.4, -0.2) is 5.91 Å². The second-order valence-electron chi connectivity index (χ2n) is 3.43. The molecule has 1 aromatic heterocycles. The molecule has 16 heavy (non-hydrogen) atoms. The first-order valence-corrected chi connectivity index (χ1v) is 4.87. The Labute approximate surface area is 92.9 Å². The van der Waals surface area contributed by atoms with Gasteiger partial charge < -0.3 is 4.42 Å². The fourth-order valence-electron chi connectivity index (χ4n) is 1.44. The van der Waals surface area contributed by atoms with Crippen LogP contribution >= 0.6 is 0 Å². The first kappa shape index (κ1) is 10.3. The third kappa shape index (κ3) is 2.06. The largest absolute Gasteiger partial charge is 0.461 e. The van der Waals surface area contributed by atoms with Crippen LogP contribution in [0.15, 0.2) is 41.3 Å². The summed E-state index contributed by atoms with van der Waals surface area (Å²) in [6, 6.07) is 7.52. The van der Waals surface area contributed by atoms with Gasteiger partial charge in [-0.3, -0.25) is 15.6 Å². The van der Waals surface area contributed by atoms with E-state index >= 15 is 0 Å². The van der Waals surface area contributed by atoms with Crippen molar-refractivity contribution in [1.82, 2.24) is 5.43 Å². The Balaban J connectivity index is 2.19. The van der Waals surface area contributed by atoms with Crippen molar-refractivity contribution in [3.05, 3.63) is 42.7 Å². The molecule has 0 radical (unpaired) electrons. The summed E-state index contributed by atoms with van der Waals surface area (Å²) in [5.74, 6) is 0.589. The molecule has 0 bridgehead atoms. The normalized spacial score (nSPS) is 10.1. The topological polar surface area (TPSA) is 54.3 Å². The second kappa shape index (κ2) is 4.10. The van der Waals surface area contributed by atoms with Gasteiger partial charge in [-0.2, -0.15) is 0 Å². The van der Waals surface area contributed by atoms with Crippen LogP contribution in [0.5, 0.6) is 0 Å². The molecule has 0 aliphatic heterocycles. The number of aryl methyl sites for hydroxylation is 1. The van der Waals surface area contributed by atoms with E-state index < -0.39 is 0 Å². The van der Waals surface area contributed by atoms with Crippen LogP contribution in [0.3, 0.4) is 0 Å². The molecule has 0 unspecified atom stereocenters. The highest BCUT2D eigenvalue weighted by atomic mass is 16.3. The number of anilines is 1. The SMILES string of the molecule is C=CC(=O)NNc1ccc2oc(C)cc2c1. The highest BCUT2D eigenvalue weighted by Gasteiger charge is 2.01. The molecule has 0 spiro atoms. The average Bonchev–Trinajstić information content (AvgIpc) is 2.65. The van der Waals surface area contributed by atoms with E-state index in [-0.39, 0.29) is 5.91 Å². The van der Waals surface area contributed by atoms with E-state index in [0.717, 1.165) is 22.4 Å². The molecule has 2 rings (SSSR count). The molecule has 4 nitrogen and oxygen atoms in total. The predicted octanol–water partition coefficient (Wildman–Crippen LogP) is 2.37. The van der Waals surface area contributed by atoms with E-state index in [9.17, 15) is 4.79 Å². The third-order valence-corrected chi connectivity index (χ3v) is 2.15. The Morgan fingerprint density at radius 2 is 2.25 bits per heavy atom. The van der Waals surface area contributed by atoms with Crippen molar-refractivity contribution in [3.63, 3.8) is 0 Å². The lowest BCUT2D eigenvalue weighted by Gasteiger charge is -2.05. The van der Waals surface area contributed by atoms with Crippen molar-refractivity contribution in [1.29, 1.82) is 0 Å². The number of rotatable bonds is 3. The van der Waals surface area contributed by atoms with Gasteiger partial charge in [-0.25, -0.2) is 0 Å². The quantitative estimate of drug-likeness (QED) is 0.611. The van der Waals surface area contributed by atoms with Gasteiger partial charge in [0.05, 0.1) is 5.69 Å². The van der Waals surface area contributed by atoms with Crippen LogP contribution in [-0.2, 0) is 4.79 Å². The molecule has 2 aromatic rings. The maximum atomic E-state index is 10.9. The number of fused-ring (bicyclic) bond motifs is 1. The zero-order valence-electron chi connectivity index (χ0n) is 8.91. The van der Waals surface area contributed by atoms with Crippen molar-refractivity contribution in [3.8, 4) is 0 Å². The molecule has 0 aliphatic carbocycles. The zero-order valence-corrected chi connectivity index (χ0v) is 8.91. The molecule has 0 saturated heterocycles. The Morgan fingerprint density at radius 3 is 3.00 bits per heavy atom. The highest BCUT2D eigenvalue weighted by molar-refractivity contribution is 5.88. The minimum absolute atomic E-state index is 0.275. The van der Waals surface area contributed by atoms with E-state index in [0.29, 0.717) is 0 Å². The Kier molecular flexibility index (Phi) is 2.64. The Morgan fingerprint density at radius 1 is 1.44 bits per heavy atom. The van der Waals surface area contributed by atoms with Gasteiger partial charge in [-0.05, 0) is 37.3 Å². The second-order valence-corrected chi connectivity index (χ2v) is 3.43. The maximum absolute atomic E-state index is 10.9. The van der Waals surface area contributed by atoms with Crippen LogP contribution in [0.1, 0.15) is 5.76 Å². The monoisotopic (exact) mass is 216 g/mol. The van der Waals surface area contributed by atoms with Crippen LogP contribution in [0.25, 0.3) is 11.0 Å². The molecule has 82 valence electrons. The summed E-state index contributed by atoms with van der Waals surface area (Å²) < 4.78 is 5.44. The first-order valence-electron chi connectivity index (χ1n) is 4.87. The van der Waals surface area contributed by atoms with Crippen molar-refractivity contribution >= 4 is 22.6 Å². The summed E-state index contributed by atoms with van der Waals surface area (Å²) in [4.78, 5) is 10.9. The summed E-state index contributed by atoms with van der Waals surface area (Å²) in [6.07, 6.45) is 1.20. The number of benzene rings is 1. The van der Waals surface area contributed by atoms with Crippen molar-refractivity contribution in [2.45, 2.75) is 6.92 Å². The molecule has 0 saturated carbocycles. The first-order chi connectivity index (χ1) is 7.69. The number of hydrogen-bond acceptors (Lipinski definition) is 3. The predicted molar refractivity (Wildman–Crippen MR) is 62.9 cm³/mol. The van der Waals surface area contributed by atoms with Gasteiger partial charge in [0.15, 0.2) is 0 Å². The lowest BCUT2D eigenvalue weighted by molar-refractivity contribution is -0.116. The molecule has 0 aliphatic rings. The highest BCUT2D eigenvalue weighted by Crippen LogP contribution is 2.22. The van der Waals surface area contributed by atoms with Gasteiger partial charge in [-0.15, -0.1) is 0 Å². The molecule has 4 heteroatoms. The number of furan rings is 1. The fourth-order valence-corrected chi connectivity index (χ4v) is 1.44. The molecule has 2 N–H and O–H groups in total. The summed E-state index contributed by atoms with van der Waals surface area (Å²) in [5, 5.41) is 0.996. The number of carbonyl (C=O) groups is 1. The number of amides is 1. The molecule has 0 atom stereocenters. The maximum Gasteiger partial charge on any atom is 0.261 e. The van der Waals surface area contributed by atoms with Crippen LogP contribution < -0.4 is 10.9 Å². The zero-order chi connectivity index (χ0) is 11.5. The van der Waals surface area contributed by atoms with Gasteiger partial charge in [0.1, 0.15) is 11.3 Å². The van der Waals surface area contributed by atoms with E-state index in [1.54, 1.807) is 0 Å². The van der Waals surface area contributed by atoms with Crippen LogP contribution in [0.2, 0.25) is 0 Å². The van der Waals surface area contributed by atoms with Gasteiger partial charge in [0, 0.05) is 5.39 Å². The standard InChI is InChI=1S/C12H12N2O2/c1-3-12(15)14-13-10-4-5-11-9(7-10)6-8(2)16-11/h3-7,13H,1H2,2H3,(H,14,15). The number of hydrazine groups is 1. The minimum atomic E-state index is -0.275. The number of hydrogen-bond donors (Lipinski definition) is 2. The lowest BCUT2D eigenvalue weighted by Crippen LogP contribution is -2.27. The van der Waals surface area contributed by atoms with Gasteiger partial charge in [-0.1, -0.05) is 6.58 Å². The molecule has 1 amide bonds. The van der Waals surface area contributed by atoms with Gasteiger partial charge in [0.2, 0.25) is 0 Å².